The van der Waals surface area contributed by atoms with E-state index >= 15 is 0 Å². The van der Waals surface area contributed by atoms with E-state index in [1.54, 1.807) is 20.8 Å². The van der Waals surface area contributed by atoms with Gasteiger partial charge in [0.25, 0.3) is 0 Å². The second kappa shape index (κ2) is 6.16. The first-order valence-electron chi connectivity index (χ1n) is 5.93. The van der Waals surface area contributed by atoms with Crippen molar-refractivity contribution in [3.8, 4) is 0 Å². The first-order valence-corrected chi connectivity index (χ1v) is 6.87. The smallest absolute Gasteiger partial charge is 0.322 e. The Morgan fingerprint density at radius 2 is 2.11 bits per heavy atom. The van der Waals surface area contributed by atoms with Crippen molar-refractivity contribution in [1.82, 2.24) is 0 Å². The van der Waals surface area contributed by atoms with E-state index in [0.717, 1.165) is 5.56 Å². The van der Waals surface area contributed by atoms with E-state index in [4.69, 9.17) is 15.6 Å². The summed E-state index contributed by atoms with van der Waals surface area (Å²) in [6.07, 6.45) is 0.333. The van der Waals surface area contributed by atoms with Crippen LogP contribution in [-0.4, -0.2) is 28.7 Å². The Balaban J connectivity index is 2.76. The molecule has 2 atom stereocenters. The van der Waals surface area contributed by atoms with Crippen molar-refractivity contribution in [3.05, 3.63) is 22.4 Å². The molecular formula is C13H19NO4S. The minimum absolute atomic E-state index is 0.333. The summed E-state index contributed by atoms with van der Waals surface area (Å²) in [5.41, 5.74) is 6.05. The van der Waals surface area contributed by atoms with Gasteiger partial charge in [0.15, 0.2) is 5.92 Å². The second-order valence-electron chi connectivity index (χ2n) is 5.35. The number of hydrogen-bond acceptors (Lipinski definition) is 5. The number of carbonyl (C=O) groups excluding carboxylic acids is 1. The summed E-state index contributed by atoms with van der Waals surface area (Å²) in [5.74, 6) is -3.39. The van der Waals surface area contributed by atoms with E-state index in [1.807, 2.05) is 16.8 Å². The van der Waals surface area contributed by atoms with Gasteiger partial charge in [0, 0.05) is 6.04 Å². The van der Waals surface area contributed by atoms with Crippen molar-refractivity contribution < 1.29 is 19.4 Å². The van der Waals surface area contributed by atoms with Crippen LogP contribution in [0.25, 0.3) is 0 Å². The molecule has 0 aliphatic rings. The van der Waals surface area contributed by atoms with Crippen molar-refractivity contribution in [2.75, 3.05) is 0 Å². The van der Waals surface area contributed by atoms with Crippen LogP contribution in [-0.2, 0) is 20.7 Å². The van der Waals surface area contributed by atoms with Crippen molar-refractivity contribution >= 4 is 23.3 Å². The van der Waals surface area contributed by atoms with Gasteiger partial charge in [0.05, 0.1) is 0 Å². The molecule has 1 aromatic rings. The molecule has 1 aromatic heterocycles. The summed E-state index contributed by atoms with van der Waals surface area (Å²) in [6.45, 7) is 5.07. The number of aliphatic carboxylic acids is 1. The van der Waals surface area contributed by atoms with E-state index in [1.165, 1.54) is 11.3 Å². The summed E-state index contributed by atoms with van der Waals surface area (Å²) < 4.78 is 5.10. The Labute approximate surface area is 116 Å². The lowest BCUT2D eigenvalue weighted by Crippen LogP contribution is -2.45. The van der Waals surface area contributed by atoms with Crippen LogP contribution in [0.3, 0.4) is 0 Å². The van der Waals surface area contributed by atoms with Gasteiger partial charge in [-0.25, -0.2) is 0 Å². The second-order valence-corrected chi connectivity index (χ2v) is 6.13. The standard InChI is InChI=1S/C13H19NO4S/c1-13(2,3)18-12(17)10(11(15)16)9(14)6-8-4-5-19-7-8/h4-5,7,9-10H,6,14H2,1-3H3,(H,15,16)/t9-,10+/m1/s1. The lowest BCUT2D eigenvalue weighted by Gasteiger charge is -2.24. The first-order chi connectivity index (χ1) is 8.70. The highest BCUT2D eigenvalue weighted by Gasteiger charge is 2.36. The molecular weight excluding hydrogens is 266 g/mol. The van der Waals surface area contributed by atoms with E-state index in [2.05, 4.69) is 0 Å². The number of ether oxygens (including phenoxy) is 1. The molecule has 5 nitrogen and oxygen atoms in total. The molecule has 0 unspecified atom stereocenters. The maximum atomic E-state index is 11.9. The Kier molecular flexibility index (Phi) is 5.08. The third-order valence-corrected chi connectivity index (χ3v) is 3.14. The number of carboxylic acid groups (broad SMARTS) is 1. The molecule has 3 N–H and O–H groups in total. The number of rotatable bonds is 5. The Bertz CT molecular complexity index is 436. The van der Waals surface area contributed by atoms with Crippen LogP contribution >= 0.6 is 11.3 Å². The van der Waals surface area contributed by atoms with Gasteiger partial charge in [0.2, 0.25) is 0 Å². The SMILES string of the molecule is CC(C)(C)OC(=O)[C@H](C(=O)O)[C@H](N)Cc1ccsc1. The van der Waals surface area contributed by atoms with Crippen molar-refractivity contribution in [1.29, 1.82) is 0 Å². The maximum absolute atomic E-state index is 11.9. The Morgan fingerprint density at radius 3 is 2.53 bits per heavy atom. The van der Waals surface area contributed by atoms with Gasteiger partial charge in [0.1, 0.15) is 5.60 Å². The van der Waals surface area contributed by atoms with Crippen molar-refractivity contribution in [2.45, 2.75) is 38.8 Å². The summed E-state index contributed by atoms with van der Waals surface area (Å²) in [6, 6.07) is 1.06. The molecule has 0 aliphatic carbocycles. The molecule has 0 saturated heterocycles. The number of esters is 1. The fourth-order valence-electron chi connectivity index (χ4n) is 1.62. The fraction of sp³-hybridized carbons (Fsp3) is 0.538. The van der Waals surface area contributed by atoms with Crippen LogP contribution in [0, 0.1) is 5.92 Å². The molecule has 0 saturated carbocycles. The molecule has 0 bridgehead atoms. The molecule has 1 rings (SSSR count). The third kappa shape index (κ3) is 5.00. The van der Waals surface area contributed by atoms with Crippen LogP contribution in [0.5, 0.6) is 0 Å². The molecule has 0 amide bonds. The average molecular weight is 285 g/mol. The highest BCUT2D eigenvalue weighted by Crippen LogP contribution is 2.17. The molecule has 0 aromatic carbocycles. The van der Waals surface area contributed by atoms with Crippen LogP contribution in [0.15, 0.2) is 16.8 Å². The summed E-state index contributed by atoms with van der Waals surface area (Å²) in [7, 11) is 0. The quantitative estimate of drug-likeness (QED) is 0.634. The number of hydrogen-bond donors (Lipinski definition) is 2. The number of nitrogens with two attached hydrogens (primary N) is 1. The lowest BCUT2D eigenvalue weighted by atomic mass is 9.95. The van der Waals surface area contributed by atoms with Crippen LogP contribution in [0.2, 0.25) is 0 Å². The average Bonchev–Trinajstić information content (AvgIpc) is 2.66. The first kappa shape index (κ1) is 15.7. The zero-order valence-electron chi connectivity index (χ0n) is 11.3. The van der Waals surface area contributed by atoms with Crippen molar-refractivity contribution in [2.24, 2.45) is 11.7 Å². The van der Waals surface area contributed by atoms with Gasteiger partial charge in [-0.1, -0.05) is 0 Å². The fourth-order valence-corrected chi connectivity index (χ4v) is 2.30. The van der Waals surface area contributed by atoms with Crippen molar-refractivity contribution in [3.63, 3.8) is 0 Å². The Morgan fingerprint density at radius 1 is 1.47 bits per heavy atom. The van der Waals surface area contributed by atoms with Crippen LogP contribution < -0.4 is 5.73 Å². The normalized spacial score (nSPS) is 14.7. The number of carbonyl (C=O) groups is 2. The van der Waals surface area contributed by atoms with Gasteiger partial charge in [-0.3, -0.25) is 9.59 Å². The molecule has 19 heavy (non-hydrogen) atoms. The molecule has 0 fully saturated rings. The predicted molar refractivity (Wildman–Crippen MR) is 73.0 cm³/mol. The molecule has 0 spiro atoms. The summed E-state index contributed by atoms with van der Waals surface area (Å²) in [5, 5.41) is 12.9. The monoisotopic (exact) mass is 285 g/mol. The van der Waals surface area contributed by atoms with E-state index in [9.17, 15) is 9.59 Å². The zero-order valence-corrected chi connectivity index (χ0v) is 12.1. The largest absolute Gasteiger partial charge is 0.481 e. The predicted octanol–water partition coefficient (Wildman–Crippen LogP) is 1.66. The highest BCUT2D eigenvalue weighted by molar-refractivity contribution is 7.07. The molecule has 106 valence electrons. The van der Waals surface area contributed by atoms with Crippen LogP contribution in [0.4, 0.5) is 0 Å². The van der Waals surface area contributed by atoms with E-state index < -0.39 is 29.5 Å². The molecule has 0 radical (unpaired) electrons. The van der Waals surface area contributed by atoms with E-state index in [0.29, 0.717) is 6.42 Å². The maximum Gasteiger partial charge on any atom is 0.322 e. The van der Waals surface area contributed by atoms with Gasteiger partial charge in [-0.05, 0) is 49.6 Å². The van der Waals surface area contributed by atoms with Gasteiger partial charge < -0.3 is 15.6 Å². The number of carboxylic acids is 1. The van der Waals surface area contributed by atoms with Gasteiger partial charge in [-0.15, -0.1) is 0 Å². The minimum Gasteiger partial charge on any atom is -0.481 e. The van der Waals surface area contributed by atoms with E-state index in [-0.39, 0.29) is 0 Å². The molecule has 6 heteroatoms. The minimum atomic E-state index is -1.35. The van der Waals surface area contributed by atoms with Crippen LogP contribution in [0.1, 0.15) is 26.3 Å². The summed E-state index contributed by atoms with van der Waals surface area (Å²) in [4.78, 5) is 23.1. The van der Waals surface area contributed by atoms with Gasteiger partial charge >= 0.3 is 11.9 Å². The topological polar surface area (TPSA) is 89.6 Å². The lowest BCUT2D eigenvalue weighted by molar-refractivity contribution is -0.167. The van der Waals surface area contributed by atoms with Gasteiger partial charge in [-0.2, -0.15) is 11.3 Å². The highest BCUT2D eigenvalue weighted by atomic mass is 32.1. The third-order valence-electron chi connectivity index (χ3n) is 2.41. The zero-order chi connectivity index (χ0) is 14.6. The molecule has 0 aliphatic heterocycles. The Hall–Kier alpha value is -1.40. The molecule has 1 heterocycles. The summed E-state index contributed by atoms with van der Waals surface area (Å²) >= 11 is 1.50. The number of thiophene rings is 1.